The van der Waals surface area contributed by atoms with E-state index in [0.29, 0.717) is 16.3 Å². The minimum absolute atomic E-state index is 0.0282. The Bertz CT molecular complexity index is 502. The quantitative estimate of drug-likeness (QED) is 0.810. The van der Waals surface area contributed by atoms with Gasteiger partial charge in [-0.25, -0.2) is 0 Å². The summed E-state index contributed by atoms with van der Waals surface area (Å²) in [6, 6.07) is 5.07. The number of amides is 1. The third kappa shape index (κ3) is 3.25. The van der Waals surface area contributed by atoms with Crippen LogP contribution in [0.2, 0.25) is 5.02 Å². The highest BCUT2D eigenvalue weighted by atomic mass is 35.5. The first-order valence-electron chi connectivity index (χ1n) is 6.88. The molecule has 1 aliphatic heterocycles. The van der Waals surface area contributed by atoms with Crippen LogP contribution in [-0.2, 0) is 0 Å². The molecule has 1 saturated heterocycles. The average Bonchev–Trinajstić information content (AvgIpc) is 2.40. The van der Waals surface area contributed by atoms with Gasteiger partial charge in [0.15, 0.2) is 0 Å². The number of benzene rings is 1. The fourth-order valence-electron chi connectivity index (χ4n) is 2.42. The number of carbonyl (C=O) groups excluding carboxylic acids is 1. The van der Waals surface area contributed by atoms with Crippen LogP contribution in [0.25, 0.3) is 0 Å². The minimum Gasteiger partial charge on any atom is -0.398 e. The number of nitrogens with zero attached hydrogens (tertiary/aromatic N) is 2. The van der Waals surface area contributed by atoms with Gasteiger partial charge in [-0.05, 0) is 39.0 Å². The zero-order valence-electron chi connectivity index (χ0n) is 12.3. The molecule has 0 unspecified atom stereocenters. The Morgan fingerprint density at radius 1 is 1.20 bits per heavy atom. The predicted molar refractivity (Wildman–Crippen MR) is 83.1 cm³/mol. The van der Waals surface area contributed by atoms with Crippen molar-refractivity contribution in [2.45, 2.75) is 26.3 Å². The molecule has 0 spiro atoms. The maximum Gasteiger partial charge on any atom is 0.253 e. The third-order valence-corrected chi connectivity index (χ3v) is 4.09. The van der Waals surface area contributed by atoms with Crippen molar-refractivity contribution >= 4 is 23.2 Å². The molecule has 2 rings (SSSR count). The lowest BCUT2D eigenvalue weighted by atomic mass is 10.0. The van der Waals surface area contributed by atoms with E-state index in [-0.39, 0.29) is 11.4 Å². The summed E-state index contributed by atoms with van der Waals surface area (Å²) in [5.74, 6) is 0.0282. The number of rotatable bonds is 1. The van der Waals surface area contributed by atoms with Gasteiger partial charge in [-0.1, -0.05) is 11.6 Å². The first-order valence-corrected chi connectivity index (χ1v) is 7.26. The van der Waals surface area contributed by atoms with Crippen LogP contribution in [0.5, 0.6) is 0 Å². The zero-order valence-corrected chi connectivity index (χ0v) is 13.1. The second-order valence-corrected chi connectivity index (χ2v) is 6.59. The molecule has 1 aromatic carbocycles. The summed E-state index contributed by atoms with van der Waals surface area (Å²) >= 11 is 5.98. The molecule has 4 nitrogen and oxygen atoms in total. The van der Waals surface area contributed by atoms with Gasteiger partial charge < -0.3 is 10.6 Å². The molecule has 0 saturated carbocycles. The Hall–Kier alpha value is -1.26. The number of nitrogen functional groups attached to an aromatic ring is 1. The Labute approximate surface area is 125 Å². The third-order valence-electron chi connectivity index (χ3n) is 3.76. The number of piperazine rings is 1. The summed E-state index contributed by atoms with van der Waals surface area (Å²) in [5, 5.41) is 0.434. The molecule has 1 aromatic rings. The highest BCUT2D eigenvalue weighted by Gasteiger charge is 2.28. The average molecular weight is 296 g/mol. The van der Waals surface area contributed by atoms with Crippen molar-refractivity contribution in [2.75, 3.05) is 31.9 Å². The van der Waals surface area contributed by atoms with Crippen LogP contribution in [0.1, 0.15) is 31.1 Å². The van der Waals surface area contributed by atoms with E-state index < -0.39 is 0 Å². The molecular weight excluding hydrogens is 274 g/mol. The van der Waals surface area contributed by atoms with Crippen LogP contribution in [0.3, 0.4) is 0 Å². The Kier molecular flexibility index (Phi) is 4.25. The summed E-state index contributed by atoms with van der Waals surface area (Å²) in [5.41, 5.74) is 6.93. The zero-order chi connectivity index (χ0) is 14.9. The number of halogens is 1. The number of hydrogen-bond acceptors (Lipinski definition) is 3. The number of anilines is 1. The maximum absolute atomic E-state index is 12.4. The maximum atomic E-state index is 12.4. The van der Waals surface area contributed by atoms with Crippen LogP contribution in [0.15, 0.2) is 18.2 Å². The molecule has 110 valence electrons. The van der Waals surface area contributed by atoms with Gasteiger partial charge in [-0.3, -0.25) is 9.69 Å². The van der Waals surface area contributed by atoms with Crippen molar-refractivity contribution in [3.8, 4) is 0 Å². The molecule has 5 heteroatoms. The predicted octanol–water partition coefficient (Wildman–Crippen LogP) is 2.48. The largest absolute Gasteiger partial charge is 0.398 e. The van der Waals surface area contributed by atoms with Gasteiger partial charge in [0.1, 0.15) is 0 Å². The van der Waals surface area contributed by atoms with Crippen LogP contribution in [0.4, 0.5) is 5.69 Å². The molecule has 0 atom stereocenters. The van der Waals surface area contributed by atoms with E-state index in [1.165, 1.54) is 0 Å². The van der Waals surface area contributed by atoms with Crippen molar-refractivity contribution in [3.63, 3.8) is 0 Å². The van der Waals surface area contributed by atoms with E-state index in [1.807, 2.05) is 4.90 Å². The second kappa shape index (κ2) is 5.62. The van der Waals surface area contributed by atoms with Crippen molar-refractivity contribution < 1.29 is 4.79 Å². The van der Waals surface area contributed by atoms with E-state index in [9.17, 15) is 4.79 Å². The summed E-state index contributed by atoms with van der Waals surface area (Å²) in [6.45, 7) is 9.89. The normalized spacial score (nSPS) is 17.3. The van der Waals surface area contributed by atoms with E-state index in [0.717, 1.165) is 26.2 Å². The van der Waals surface area contributed by atoms with Crippen molar-refractivity contribution in [1.29, 1.82) is 0 Å². The van der Waals surface area contributed by atoms with Crippen molar-refractivity contribution in [1.82, 2.24) is 9.80 Å². The van der Waals surface area contributed by atoms with Gasteiger partial charge in [0, 0.05) is 37.3 Å². The highest BCUT2D eigenvalue weighted by Crippen LogP contribution is 2.22. The molecule has 1 fully saturated rings. The molecule has 0 aromatic heterocycles. The van der Waals surface area contributed by atoms with Crippen molar-refractivity contribution in [3.05, 3.63) is 28.8 Å². The smallest absolute Gasteiger partial charge is 0.253 e. The second-order valence-electron chi connectivity index (χ2n) is 6.19. The number of carbonyl (C=O) groups is 1. The van der Waals surface area contributed by atoms with Crippen LogP contribution < -0.4 is 5.73 Å². The molecule has 0 aliphatic carbocycles. The molecule has 2 N–H and O–H groups in total. The van der Waals surface area contributed by atoms with Crippen LogP contribution in [-0.4, -0.2) is 47.4 Å². The summed E-state index contributed by atoms with van der Waals surface area (Å²) in [4.78, 5) is 16.7. The van der Waals surface area contributed by atoms with Gasteiger partial charge in [-0.2, -0.15) is 0 Å². The van der Waals surface area contributed by atoms with Crippen LogP contribution >= 0.6 is 11.6 Å². The fourth-order valence-corrected chi connectivity index (χ4v) is 2.60. The molecule has 1 aliphatic rings. The molecule has 1 heterocycles. The molecule has 1 amide bonds. The Morgan fingerprint density at radius 2 is 1.80 bits per heavy atom. The first-order chi connectivity index (χ1) is 9.29. The lowest BCUT2D eigenvalue weighted by Gasteiger charge is -2.42. The molecule has 0 bridgehead atoms. The summed E-state index contributed by atoms with van der Waals surface area (Å²) < 4.78 is 0. The Morgan fingerprint density at radius 3 is 2.30 bits per heavy atom. The van der Waals surface area contributed by atoms with E-state index in [1.54, 1.807) is 18.2 Å². The van der Waals surface area contributed by atoms with Gasteiger partial charge >= 0.3 is 0 Å². The molecule has 20 heavy (non-hydrogen) atoms. The Balaban J connectivity index is 2.03. The number of nitrogens with two attached hydrogens (primary N) is 1. The standard InChI is InChI=1S/C15H22ClN3O/c1-15(2,3)19-8-6-18(7-9-19)14(20)11-4-5-13(17)12(16)10-11/h4-5,10H,6-9,17H2,1-3H3. The monoisotopic (exact) mass is 295 g/mol. The van der Waals surface area contributed by atoms with Gasteiger partial charge in [0.25, 0.3) is 5.91 Å². The SMILES string of the molecule is CC(C)(C)N1CCN(C(=O)c2ccc(N)c(Cl)c2)CC1. The fraction of sp³-hybridized carbons (Fsp3) is 0.533. The number of hydrogen-bond donors (Lipinski definition) is 1. The molecule has 0 radical (unpaired) electrons. The summed E-state index contributed by atoms with van der Waals surface area (Å²) in [6.07, 6.45) is 0. The molecular formula is C15H22ClN3O. The minimum atomic E-state index is 0.0282. The van der Waals surface area contributed by atoms with E-state index in [2.05, 4.69) is 25.7 Å². The van der Waals surface area contributed by atoms with Gasteiger partial charge in [-0.15, -0.1) is 0 Å². The topological polar surface area (TPSA) is 49.6 Å². The summed E-state index contributed by atoms with van der Waals surface area (Å²) in [7, 11) is 0. The first kappa shape index (κ1) is 15.1. The van der Waals surface area contributed by atoms with E-state index in [4.69, 9.17) is 17.3 Å². The van der Waals surface area contributed by atoms with Crippen molar-refractivity contribution in [2.24, 2.45) is 0 Å². The van der Waals surface area contributed by atoms with Crippen LogP contribution in [0, 0.1) is 0 Å². The highest BCUT2D eigenvalue weighted by molar-refractivity contribution is 6.33. The van der Waals surface area contributed by atoms with E-state index >= 15 is 0 Å². The van der Waals surface area contributed by atoms with Gasteiger partial charge in [0.05, 0.1) is 10.7 Å². The lowest BCUT2D eigenvalue weighted by molar-refractivity contribution is 0.0451. The lowest BCUT2D eigenvalue weighted by Crippen LogP contribution is -2.54. The van der Waals surface area contributed by atoms with Gasteiger partial charge in [0.2, 0.25) is 0 Å².